The van der Waals surface area contributed by atoms with Crippen LogP contribution in [0.1, 0.15) is 90.9 Å². The smallest absolute Gasteiger partial charge is 0.00695 e. The third-order valence-electron chi connectivity index (χ3n) is 4.12. The number of hydrogen-bond donors (Lipinski definition) is 1. The van der Waals surface area contributed by atoms with Crippen LogP contribution in [0.4, 0.5) is 0 Å². The minimum absolute atomic E-state index is 0.736. The van der Waals surface area contributed by atoms with Crippen molar-refractivity contribution in [3.63, 3.8) is 0 Å². The third-order valence-corrected chi connectivity index (χ3v) is 4.12. The predicted molar refractivity (Wildman–Crippen MR) is 77.5 cm³/mol. The van der Waals surface area contributed by atoms with Crippen molar-refractivity contribution in [2.24, 2.45) is 0 Å². The molecule has 0 aromatic heterocycles. The summed E-state index contributed by atoms with van der Waals surface area (Å²) in [6.45, 7) is 4.67. The molecule has 1 fully saturated rings. The van der Waals surface area contributed by atoms with Crippen molar-refractivity contribution in [3.05, 3.63) is 0 Å². The van der Waals surface area contributed by atoms with Gasteiger partial charge in [-0.25, -0.2) is 0 Å². The van der Waals surface area contributed by atoms with Gasteiger partial charge in [0.1, 0.15) is 0 Å². The quantitative estimate of drug-likeness (QED) is 0.462. The van der Waals surface area contributed by atoms with E-state index in [1.54, 1.807) is 0 Å². The minimum atomic E-state index is 0.736. The first kappa shape index (κ1) is 15.0. The van der Waals surface area contributed by atoms with E-state index < -0.39 is 0 Å². The van der Waals surface area contributed by atoms with Gasteiger partial charge in [-0.05, 0) is 26.2 Å². The molecule has 1 heteroatoms. The third kappa shape index (κ3) is 7.81. The fourth-order valence-corrected chi connectivity index (χ4v) is 2.99. The molecule has 1 atom stereocenters. The average Bonchev–Trinajstić information content (AvgIpc) is 2.57. The van der Waals surface area contributed by atoms with Gasteiger partial charge in [-0.1, -0.05) is 64.7 Å². The van der Waals surface area contributed by atoms with Crippen LogP contribution in [0.3, 0.4) is 0 Å². The van der Waals surface area contributed by atoms with Crippen molar-refractivity contribution < 1.29 is 0 Å². The molecule has 0 aliphatic heterocycles. The summed E-state index contributed by atoms with van der Waals surface area (Å²) in [6.07, 6.45) is 17.1. The van der Waals surface area contributed by atoms with Crippen molar-refractivity contribution >= 4 is 0 Å². The van der Waals surface area contributed by atoms with E-state index in [1.165, 1.54) is 77.0 Å². The highest BCUT2D eigenvalue weighted by Gasteiger charge is 2.13. The van der Waals surface area contributed by atoms with Crippen LogP contribution in [0, 0.1) is 0 Å². The zero-order valence-electron chi connectivity index (χ0n) is 12.1. The van der Waals surface area contributed by atoms with Gasteiger partial charge >= 0.3 is 0 Å². The molecule has 1 aliphatic carbocycles. The Morgan fingerprint density at radius 3 is 2.24 bits per heavy atom. The van der Waals surface area contributed by atoms with Crippen molar-refractivity contribution in [1.82, 2.24) is 5.32 Å². The zero-order valence-corrected chi connectivity index (χ0v) is 12.1. The second kappa shape index (κ2) is 9.94. The molecule has 0 aromatic carbocycles. The molecule has 0 bridgehead atoms. The van der Waals surface area contributed by atoms with Crippen LogP contribution in [0.15, 0.2) is 0 Å². The lowest BCUT2D eigenvalue weighted by atomic mass is 10.0. The summed E-state index contributed by atoms with van der Waals surface area (Å²) in [5.74, 6) is 0. The summed E-state index contributed by atoms with van der Waals surface area (Å²) < 4.78 is 0. The van der Waals surface area contributed by atoms with Crippen LogP contribution >= 0.6 is 0 Å². The molecule has 1 unspecified atom stereocenters. The summed E-state index contributed by atoms with van der Waals surface area (Å²) >= 11 is 0. The number of unbranched alkanes of at least 4 members (excludes halogenated alkanes) is 4. The lowest BCUT2D eigenvalue weighted by molar-refractivity contribution is 0.384. The molecule has 1 saturated carbocycles. The summed E-state index contributed by atoms with van der Waals surface area (Å²) in [6, 6.07) is 1.56. The lowest BCUT2D eigenvalue weighted by Crippen LogP contribution is -2.36. The van der Waals surface area contributed by atoms with Gasteiger partial charge in [-0.15, -0.1) is 0 Å². The van der Waals surface area contributed by atoms with Crippen LogP contribution in [0.5, 0.6) is 0 Å². The number of rotatable bonds is 8. The van der Waals surface area contributed by atoms with Gasteiger partial charge in [0.15, 0.2) is 0 Å². The zero-order chi connectivity index (χ0) is 12.3. The maximum atomic E-state index is 3.85. The van der Waals surface area contributed by atoms with Crippen molar-refractivity contribution in [1.29, 1.82) is 0 Å². The molecule has 0 aromatic rings. The number of nitrogens with one attached hydrogen (secondary N) is 1. The van der Waals surface area contributed by atoms with E-state index >= 15 is 0 Å². The van der Waals surface area contributed by atoms with E-state index in [4.69, 9.17) is 0 Å². The van der Waals surface area contributed by atoms with E-state index in [-0.39, 0.29) is 0 Å². The van der Waals surface area contributed by atoms with Gasteiger partial charge in [0.2, 0.25) is 0 Å². The van der Waals surface area contributed by atoms with Crippen molar-refractivity contribution in [2.45, 2.75) is 103 Å². The molecule has 0 amide bonds. The Kier molecular flexibility index (Phi) is 8.78. The fourth-order valence-electron chi connectivity index (χ4n) is 2.99. The normalized spacial score (nSPS) is 20.1. The summed E-state index contributed by atoms with van der Waals surface area (Å²) in [4.78, 5) is 0. The Balaban J connectivity index is 2.00. The lowest BCUT2D eigenvalue weighted by Gasteiger charge is -2.22. The van der Waals surface area contributed by atoms with Crippen molar-refractivity contribution in [3.8, 4) is 0 Å². The van der Waals surface area contributed by atoms with Gasteiger partial charge in [0.05, 0.1) is 0 Å². The number of hydrogen-bond acceptors (Lipinski definition) is 1. The van der Waals surface area contributed by atoms with Crippen LogP contribution in [0.2, 0.25) is 0 Å². The second-order valence-corrected chi connectivity index (χ2v) is 5.96. The van der Waals surface area contributed by atoms with Crippen LogP contribution in [0.25, 0.3) is 0 Å². The Morgan fingerprint density at radius 2 is 1.59 bits per heavy atom. The molecular formula is C16H33N. The largest absolute Gasteiger partial charge is 0.312 e. The first-order valence-electron chi connectivity index (χ1n) is 8.09. The highest BCUT2D eigenvalue weighted by molar-refractivity contribution is 4.74. The average molecular weight is 239 g/mol. The summed E-state index contributed by atoms with van der Waals surface area (Å²) in [7, 11) is 0. The molecule has 1 nitrogen and oxygen atoms in total. The molecule has 1 aliphatic rings. The monoisotopic (exact) mass is 239 g/mol. The Morgan fingerprint density at radius 1 is 0.941 bits per heavy atom. The predicted octanol–water partition coefficient (Wildman–Crippen LogP) is 5.05. The SMILES string of the molecule is CCCCCCCC(C)NC1CCCCCC1. The maximum Gasteiger partial charge on any atom is 0.00695 e. The van der Waals surface area contributed by atoms with Crippen LogP contribution in [-0.4, -0.2) is 12.1 Å². The fraction of sp³-hybridized carbons (Fsp3) is 1.00. The van der Waals surface area contributed by atoms with Crippen molar-refractivity contribution in [2.75, 3.05) is 0 Å². The molecule has 1 N–H and O–H groups in total. The molecule has 17 heavy (non-hydrogen) atoms. The van der Waals surface area contributed by atoms with E-state index in [9.17, 15) is 0 Å². The highest BCUT2D eigenvalue weighted by atomic mass is 14.9. The van der Waals surface area contributed by atoms with E-state index in [0.717, 1.165) is 12.1 Å². The summed E-state index contributed by atoms with van der Waals surface area (Å²) in [5.41, 5.74) is 0. The maximum absolute atomic E-state index is 3.85. The first-order valence-corrected chi connectivity index (χ1v) is 8.09. The van der Waals surface area contributed by atoms with Gasteiger partial charge in [-0.3, -0.25) is 0 Å². The van der Waals surface area contributed by atoms with E-state index in [0.29, 0.717) is 0 Å². The van der Waals surface area contributed by atoms with Crippen LogP contribution < -0.4 is 5.32 Å². The molecule has 1 rings (SSSR count). The summed E-state index contributed by atoms with van der Waals surface area (Å²) in [5, 5.41) is 3.85. The standard InChI is InChI=1S/C16H33N/c1-3-4-5-6-9-12-15(2)17-16-13-10-7-8-11-14-16/h15-17H,3-14H2,1-2H3. The molecule has 0 heterocycles. The minimum Gasteiger partial charge on any atom is -0.312 e. The Bertz CT molecular complexity index is 159. The molecular weight excluding hydrogens is 206 g/mol. The Labute approximate surface area is 109 Å². The van der Waals surface area contributed by atoms with Gasteiger partial charge in [0.25, 0.3) is 0 Å². The Hall–Kier alpha value is -0.0400. The molecule has 0 saturated heterocycles. The van der Waals surface area contributed by atoms with E-state index in [1.807, 2.05) is 0 Å². The van der Waals surface area contributed by atoms with Crippen LogP contribution in [-0.2, 0) is 0 Å². The molecule has 0 radical (unpaired) electrons. The molecule has 102 valence electrons. The second-order valence-electron chi connectivity index (χ2n) is 5.96. The highest BCUT2D eigenvalue weighted by Crippen LogP contribution is 2.18. The van der Waals surface area contributed by atoms with Gasteiger partial charge < -0.3 is 5.32 Å². The first-order chi connectivity index (χ1) is 8.33. The van der Waals surface area contributed by atoms with Gasteiger partial charge in [0, 0.05) is 12.1 Å². The van der Waals surface area contributed by atoms with E-state index in [2.05, 4.69) is 19.2 Å². The van der Waals surface area contributed by atoms with Gasteiger partial charge in [-0.2, -0.15) is 0 Å². The molecule has 0 spiro atoms. The topological polar surface area (TPSA) is 12.0 Å².